The topological polar surface area (TPSA) is 9.23 Å². The Morgan fingerprint density at radius 3 is 2.75 bits per heavy atom. The largest absolute Gasteiger partial charge is 0.588 e. The molecule has 0 aromatic heterocycles. The van der Waals surface area contributed by atoms with Gasteiger partial charge in [0.1, 0.15) is 0 Å². The van der Waals surface area contributed by atoms with E-state index in [4.69, 9.17) is 13.8 Å². The van der Waals surface area contributed by atoms with Crippen LogP contribution in [0.5, 0.6) is 0 Å². The summed E-state index contributed by atoms with van der Waals surface area (Å²) in [4.78, 5) is 0. The number of halogens is 1. The Balaban J connectivity index is 2.53. The molecule has 1 aliphatic rings. The van der Waals surface area contributed by atoms with Gasteiger partial charge in [-0.15, -0.1) is 0 Å². The molecule has 1 rings (SSSR count). The number of hydrogen-bond donors (Lipinski definition) is 0. The first-order chi connectivity index (χ1) is 7.38. The Bertz CT molecular complexity index is 248. The van der Waals surface area contributed by atoms with E-state index in [1.807, 2.05) is 5.79 Å². The minimum Gasteiger partial charge on any atom is -0.489 e. The fourth-order valence-electron chi connectivity index (χ4n) is 2.27. The molecule has 0 aromatic rings. The summed E-state index contributed by atoms with van der Waals surface area (Å²) < 4.78 is 5.70. The van der Waals surface area contributed by atoms with Gasteiger partial charge >= 0.3 is 13.6 Å². The second-order valence-electron chi connectivity index (χ2n) is 6.02. The highest BCUT2D eigenvalue weighted by Gasteiger charge is 2.24. The molecule has 4 heteroatoms. The van der Waals surface area contributed by atoms with Gasteiger partial charge in [0.05, 0.1) is 0 Å². The van der Waals surface area contributed by atoms with Crippen LogP contribution in [0.15, 0.2) is 11.6 Å². The summed E-state index contributed by atoms with van der Waals surface area (Å²) in [6.07, 6.45) is 6.36. The minimum atomic E-state index is -1.37. The zero-order valence-electron chi connectivity index (χ0n) is 11.1. The first-order valence-corrected chi connectivity index (χ1v) is 13.4. The van der Waals surface area contributed by atoms with Crippen molar-refractivity contribution in [2.24, 2.45) is 5.92 Å². The Kier molecular flexibility index (Phi) is 6.12. The normalized spacial score (nSPS) is 21.8. The molecule has 0 amide bonds. The van der Waals surface area contributed by atoms with Crippen LogP contribution in [0.3, 0.4) is 0 Å². The van der Waals surface area contributed by atoms with Crippen LogP contribution < -0.4 is 0 Å². The van der Waals surface area contributed by atoms with E-state index < -0.39 is 21.6 Å². The first kappa shape index (κ1) is 14.8. The molecule has 0 saturated carbocycles. The SMILES string of the molecule is [CH3][Al]([Cl])[O]CC1CCCC=C1C[Si](C)(C)C. The maximum Gasteiger partial charge on any atom is 0.588 e. The van der Waals surface area contributed by atoms with Crippen molar-refractivity contribution in [3.05, 3.63) is 11.6 Å². The summed E-state index contributed by atoms with van der Waals surface area (Å²) in [6, 6.07) is 1.33. The number of allylic oxidation sites excluding steroid dienone is 1. The van der Waals surface area contributed by atoms with Crippen LogP contribution in [0.4, 0.5) is 0 Å². The van der Waals surface area contributed by atoms with Crippen molar-refractivity contribution in [3.63, 3.8) is 0 Å². The van der Waals surface area contributed by atoms with Crippen molar-refractivity contribution in [3.8, 4) is 0 Å². The van der Waals surface area contributed by atoms with Gasteiger partial charge < -0.3 is 3.79 Å². The van der Waals surface area contributed by atoms with Crippen LogP contribution in [-0.4, -0.2) is 28.2 Å². The van der Waals surface area contributed by atoms with E-state index in [1.54, 1.807) is 5.57 Å². The molecule has 1 atom stereocenters. The van der Waals surface area contributed by atoms with Crippen LogP contribution in [0.25, 0.3) is 0 Å². The summed E-state index contributed by atoms with van der Waals surface area (Å²) in [7, 11) is 5.00. The third-order valence-corrected chi connectivity index (χ3v) is 5.45. The third kappa shape index (κ3) is 5.89. The molecule has 0 aromatic carbocycles. The predicted molar refractivity (Wildman–Crippen MR) is 77.0 cm³/mol. The lowest BCUT2D eigenvalue weighted by atomic mass is 9.89. The average Bonchev–Trinajstić information content (AvgIpc) is 2.14. The number of hydrogen-bond acceptors (Lipinski definition) is 1. The van der Waals surface area contributed by atoms with Crippen molar-refractivity contribution in [2.45, 2.75) is 50.7 Å². The maximum atomic E-state index is 5.98. The zero-order chi connectivity index (χ0) is 12.2. The second-order valence-corrected chi connectivity index (χ2v) is 14.8. The Morgan fingerprint density at radius 2 is 2.19 bits per heavy atom. The highest BCUT2D eigenvalue weighted by atomic mass is 35.6. The lowest BCUT2D eigenvalue weighted by molar-refractivity contribution is 0.265. The fraction of sp³-hybridized carbons (Fsp3) is 0.833. The quantitative estimate of drug-likeness (QED) is 0.532. The molecule has 0 spiro atoms. The molecule has 0 bridgehead atoms. The smallest absolute Gasteiger partial charge is 0.489 e. The van der Waals surface area contributed by atoms with Crippen LogP contribution in [0.2, 0.25) is 31.5 Å². The van der Waals surface area contributed by atoms with Crippen LogP contribution in [0, 0.1) is 5.92 Å². The Morgan fingerprint density at radius 1 is 1.50 bits per heavy atom. The average molecular weight is 275 g/mol. The molecular formula is C12H24AlClOSi. The third-order valence-electron chi connectivity index (χ3n) is 2.95. The monoisotopic (exact) mass is 274 g/mol. The molecule has 0 aliphatic heterocycles. The molecular weight excluding hydrogens is 251 g/mol. The molecule has 0 saturated heterocycles. The van der Waals surface area contributed by atoms with E-state index in [1.165, 1.54) is 25.3 Å². The van der Waals surface area contributed by atoms with Gasteiger partial charge in [0.2, 0.25) is 0 Å². The minimum absolute atomic E-state index is 0.661. The van der Waals surface area contributed by atoms with Gasteiger partial charge in [0.25, 0.3) is 0 Å². The predicted octanol–water partition coefficient (Wildman–Crippen LogP) is 4.42. The van der Waals surface area contributed by atoms with E-state index in [-0.39, 0.29) is 0 Å². The lowest BCUT2D eigenvalue weighted by Gasteiger charge is -2.29. The van der Waals surface area contributed by atoms with E-state index >= 15 is 0 Å². The van der Waals surface area contributed by atoms with Gasteiger partial charge in [0, 0.05) is 20.6 Å². The standard InChI is InChI=1S/C11H21OSi.CH3.Al.ClH/c1-13(2,3)9-11-7-5-4-6-10(11)8-12;;;/h7,10H,4-6,8-9H2,1-3H3;1H3;;1H/q-1;;+2;/p-1. The van der Waals surface area contributed by atoms with Crippen molar-refractivity contribution in [1.82, 2.24) is 0 Å². The fourth-order valence-corrected chi connectivity index (χ4v) is 4.65. The molecule has 92 valence electrons. The van der Waals surface area contributed by atoms with Gasteiger partial charge in [-0.2, -0.15) is 0 Å². The van der Waals surface area contributed by atoms with Crippen LogP contribution in [-0.2, 0) is 3.79 Å². The van der Waals surface area contributed by atoms with E-state index in [9.17, 15) is 0 Å². The Hall–Kier alpha value is 0.739. The summed E-state index contributed by atoms with van der Waals surface area (Å²) in [6.45, 7) is 8.20. The molecule has 1 unspecified atom stereocenters. The maximum absolute atomic E-state index is 5.98. The Labute approximate surface area is 110 Å². The lowest BCUT2D eigenvalue weighted by Crippen LogP contribution is -2.26. The summed E-state index contributed by atoms with van der Waals surface area (Å²) in [5.41, 5.74) is 1.66. The van der Waals surface area contributed by atoms with Crippen molar-refractivity contribution >= 4 is 31.7 Å². The van der Waals surface area contributed by atoms with Gasteiger partial charge in [-0.25, -0.2) is 10.0 Å². The molecule has 0 heterocycles. The van der Waals surface area contributed by atoms with Gasteiger partial charge in [-0.05, 0) is 25.3 Å². The summed E-state index contributed by atoms with van der Waals surface area (Å²) in [5, 5.41) is 0. The second kappa shape index (κ2) is 6.61. The van der Waals surface area contributed by atoms with Gasteiger partial charge in [0.15, 0.2) is 0 Å². The molecule has 1 nitrogen and oxygen atoms in total. The van der Waals surface area contributed by atoms with Crippen LogP contribution >= 0.6 is 10.0 Å². The van der Waals surface area contributed by atoms with E-state index in [2.05, 4.69) is 25.7 Å². The summed E-state index contributed by atoms with van der Waals surface area (Å²) >= 11 is -1.37. The summed E-state index contributed by atoms with van der Waals surface area (Å²) in [5.74, 6) is 2.70. The van der Waals surface area contributed by atoms with Crippen LogP contribution in [0.1, 0.15) is 19.3 Å². The van der Waals surface area contributed by atoms with E-state index in [0.29, 0.717) is 5.92 Å². The van der Waals surface area contributed by atoms with E-state index in [0.717, 1.165) is 6.61 Å². The molecule has 1 aliphatic carbocycles. The highest BCUT2D eigenvalue weighted by molar-refractivity contribution is 7.02. The van der Waals surface area contributed by atoms with Gasteiger partial charge in [-0.3, -0.25) is 0 Å². The number of rotatable bonds is 5. The van der Waals surface area contributed by atoms with Crippen molar-refractivity contribution < 1.29 is 3.79 Å². The van der Waals surface area contributed by atoms with Gasteiger partial charge in [-0.1, -0.05) is 37.1 Å². The zero-order valence-corrected chi connectivity index (χ0v) is 14.0. The molecule has 0 N–H and O–H groups in total. The molecule has 16 heavy (non-hydrogen) atoms. The molecule has 0 fully saturated rings. The van der Waals surface area contributed by atoms with Crippen molar-refractivity contribution in [1.29, 1.82) is 0 Å². The molecule has 0 radical (unpaired) electrons. The highest BCUT2D eigenvalue weighted by Crippen LogP contribution is 2.31. The van der Waals surface area contributed by atoms with Crippen molar-refractivity contribution in [2.75, 3.05) is 6.61 Å². The first-order valence-electron chi connectivity index (χ1n) is 6.33.